The maximum Gasteiger partial charge on any atom is 0.252 e. The molecule has 0 radical (unpaired) electrons. The molecule has 6 aliphatic rings. The predicted molar refractivity (Wildman–Crippen MR) is 330 cm³/mol. The van der Waals surface area contributed by atoms with Crippen molar-refractivity contribution in [2.75, 3.05) is 14.7 Å². The largest absolute Gasteiger partial charge is 0.335 e. The average Bonchev–Trinajstić information content (AvgIpc) is 3.69. The lowest BCUT2D eigenvalue weighted by Crippen LogP contribution is -2.65. The molecule has 3 nitrogen and oxygen atoms in total. The minimum absolute atomic E-state index is 0.0234. The molecule has 388 valence electrons. The normalized spacial score (nSPS) is 24.1. The number of fused-ring (bicyclic) bond motifs is 11. The monoisotopic (exact) mass is 1010 g/mol. The highest BCUT2D eigenvalue weighted by Gasteiger charge is 2.65. The smallest absolute Gasteiger partial charge is 0.252 e. The van der Waals surface area contributed by atoms with E-state index in [9.17, 15) is 0 Å². The molecule has 0 bridgehead atoms. The molecule has 0 amide bonds. The molecule has 2 aliphatic carbocycles. The van der Waals surface area contributed by atoms with Gasteiger partial charge in [0.1, 0.15) is 0 Å². The van der Waals surface area contributed by atoms with Crippen molar-refractivity contribution >= 4 is 73.7 Å². The van der Waals surface area contributed by atoms with Gasteiger partial charge in [0.2, 0.25) is 0 Å². The topological polar surface area (TPSA) is 9.72 Å². The summed E-state index contributed by atoms with van der Waals surface area (Å²) in [4.78, 5) is 8.60. The maximum atomic E-state index is 2.97. The van der Waals surface area contributed by atoms with Gasteiger partial charge in [-0.1, -0.05) is 210 Å². The molecule has 14 rings (SSSR count). The van der Waals surface area contributed by atoms with Crippen LogP contribution >= 0.6 is 0 Å². The first-order chi connectivity index (χ1) is 36.7. The Bertz CT molecular complexity index is 3750. The Labute approximate surface area is 460 Å². The zero-order valence-electron chi connectivity index (χ0n) is 48.1. The van der Waals surface area contributed by atoms with E-state index in [1.54, 1.807) is 0 Å². The molecule has 2 fully saturated rings. The third-order valence-electron chi connectivity index (χ3n) is 20.9. The summed E-state index contributed by atoms with van der Waals surface area (Å²) in [5.74, 6) is 0. The summed E-state index contributed by atoms with van der Waals surface area (Å²) < 4.78 is 0. The molecule has 0 spiro atoms. The van der Waals surface area contributed by atoms with Crippen LogP contribution in [0, 0.1) is 0 Å². The van der Waals surface area contributed by atoms with Gasteiger partial charge >= 0.3 is 0 Å². The van der Waals surface area contributed by atoms with Crippen LogP contribution in [-0.4, -0.2) is 17.8 Å². The molecular weight excluding hydrogens is 930 g/mol. The quantitative estimate of drug-likeness (QED) is 0.163. The summed E-state index contributed by atoms with van der Waals surface area (Å²) in [6.07, 6.45) is 9.49. The van der Waals surface area contributed by atoms with Crippen molar-refractivity contribution < 1.29 is 0 Å². The van der Waals surface area contributed by atoms with Gasteiger partial charge in [0, 0.05) is 50.5 Å². The van der Waals surface area contributed by atoms with Gasteiger partial charge in [-0.2, -0.15) is 0 Å². The molecule has 0 saturated heterocycles. The Morgan fingerprint density at radius 2 is 1.04 bits per heavy atom. The van der Waals surface area contributed by atoms with Gasteiger partial charge in [-0.15, -0.1) is 0 Å². The first kappa shape index (κ1) is 48.8. The van der Waals surface area contributed by atoms with Gasteiger partial charge in [-0.3, -0.25) is 0 Å². The average molecular weight is 1010 g/mol. The lowest BCUT2D eigenvalue weighted by molar-refractivity contribution is 0.194. The molecule has 4 atom stereocenters. The molecule has 77 heavy (non-hydrogen) atoms. The number of hydrogen-bond acceptors (Lipinski definition) is 3. The zero-order valence-corrected chi connectivity index (χ0v) is 48.1. The van der Waals surface area contributed by atoms with E-state index < -0.39 is 0 Å². The van der Waals surface area contributed by atoms with Gasteiger partial charge in [-0.25, -0.2) is 0 Å². The first-order valence-electron chi connectivity index (χ1n) is 29.4. The van der Waals surface area contributed by atoms with E-state index in [1.807, 2.05) is 0 Å². The van der Waals surface area contributed by atoms with Crippen molar-refractivity contribution in [1.82, 2.24) is 0 Å². The van der Waals surface area contributed by atoms with Crippen LogP contribution in [0.3, 0.4) is 0 Å². The third-order valence-corrected chi connectivity index (χ3v) is 20.9. The lowest BCUT2D eigenvalue weighted by Gasteiger charge is -2.54. The number of anilines is 7. The number of benzene rings is 8. The third kappa shape index (κ3) is 6.63. The Kier molecular flexibility index (Phi) is 10.3. The molecule has 4 heteroatoms. The molecule has 0 aromatic heterocycles. The van der Waals surface area contributed by atoms with Crippen LogP contribution in [0.15, 0.2) is 158 Å². The summed E-state index contributed by atoms with van der Waals surface area (Å²) >= 11 is 0. The van der Waals surface area contributed by atoms with Crippen molar-refractivity contribution in [3.05, 3.63) is 191 Å². The van der Waals surface area contributed by atoms with Crippen molar-refractivity contribution in [2.24, 2.45) is 0 Å². The second-order valence-corrected chi connectivity index (χ2v) is 28.2. The van der Waals surface area contributed by atoms with Crippen molar-refractivity contribution in [1.29, 1.82) is 0 Å². The van der Waals surface area contributed by atoms with Crippen LogP contribution in [0.5, 0.6) is 0 Å². The predicted octanol–water partition coefficient (Wildman–Crippen LogP) is 17.5. The van der Waals surface area contributed by atoms with Gasteiger partial charge in [0.15, 0.2) is 0 Å². The zero-order chi connectivity index (χ0) is 53.4. The van der Waals surface area contributed by atoms with Crippen molar-refractivity contribution in [3.63, 3.8) is 0 Å². The second kappa shape index (κ2) is 16.3. The molecule has 8 aromatic carbocycles. The van der Waals surface area contributed by atoms with Gasteiger partial charge < -0.3 is 14.7 Å². The van der Waals surface area contributed by atoms with E-state index in [0.717, 1.165) is 19.3 Å². The van der Waals surface area contributed by atoms with Crippen molar-refractivity contribution in [2.45, 2.75) is 173 Å². The minimum atomic E-state index is -0.223. The molecule has 2 saturated carbocycles. The number of hydrogen-bond donors (Lipinski definition) is 0. The van der Waals surface area contributed by atoms with Crippen LogP contribution in [0.4, 0.5) is 39.8 Å². The molecule has 0 N–H and O–H groups in total. The summed E-state index contributed by atoms with van der Waals surface area (Å²) in [7, 11) is 0. The fourth-order valence-corrected chi connectivity index (χ4v) is 16.5. The van der Waals surface area contributed by atoms with Crippen molar-refractivity contribution in [3.8, 4) is 11.1 Å². The van der Waals surface area contributed by atoms with Gasteiger partial charge in [-0.05, 0) is 164 Å². The van der Waals surface area contributed by atoms with E-state index in [0.29, 0.717) is 0 Å². The van der Waals surface area contributed by atoms with E-state index >= 15 is 0 Å². The summed E-state index contributed by atoms with van der Waals surface area (Å²) in [5.41, 5.74) is 24.2. The second-order valence-electron chi connectivity index (χ2n) is 28.2. The summed E-state index contributed by atoms with van der Waals surface area (Å²) in [6.45, 7) is 29.4. The fourth-order valence-electron chi connectivity index (χ4n) is 16.5. The standard InChI is InChI=1S/C73H78BN3/c1-67(2,3)51-31-34-60(55(42-51)49-30-29-47-23-16-17-24-48(47)41-49)75-62-36-33-53(69(7,8)9)44-59(62)74-58-28-22-27-56-66(58)77(72(12)39-20-21-40-73(56,72)50-25-14-13-15-26-50)64-46-54(45-63(75)65(64)74)76-61-35-32-52(68(4,5)6)43-57(61)70(10)37-18-19-38-71(70,76)11/h13-17,22-36,41-46H,18-21,37-40H2,1-12H3. The van der Waals surface area contributed by atoms with E-state index in [2.05, 4.69) is 256 Å². The SMILES string of the molecule is CC(C)(C)c1ccc2c(c1)B1c3cccc4c3N(c3cc(N5c6ccc(C(C)(C)C)cc6C6(C)CCCCC56C)cc(c31)N2c1ccc(C(C)(C)C)cc1-c1ccc2ccccc2c1)C1(C)CCCCC41c1ccccc1. The highest BCUT2D eigenvalue weighted by molar-refractivity contribution is 7.00. The Hall–Kier alpha value is -6.52. The van der Waals surface area contributed by atoms with Crippen LogP contribution < -0.4 is 31.1 Å². The maximum absolute atomic E-state index is 2.97. The Balaban J connectivity index is 1.13. The summed E-state index contributed by atoms with van der Waals surface area (Å²) in [6, 6.07) is 63.3. The molecule has 4 aliphatic heterocycles. The summed E-state index contributed by atoms with van der Waals surface area (Å²) in [5, 5.41) is 2.53. The highest BCUT2D eigenvalue weighted by atomic mass is 15.3. The number of para-hydroxylation sites is 1. The first-order valence-corrected chi connectivity index (χ1v) is 29.4. The number of nitrogens with zero attached hydrogens (tertiary/aromatic N) is 3. The van der Waals surface area contributed by atoms with Crippen LogP contribution in [0.25, 0.3) is 21.9 Å². The molecule has 4 unspecified atom stereocenters. The molecule has 8 aromatic rings. The van der Waals surface area contributed by atoms with Gasteiger partial charge in [0.05, 0.1) is 16.8 Å². The number of rotatable bonds is 4. The van der Waals surface area contributed by atoms with Crippen LogP contribution in [-0.2, 0) is 27.1 Å². The van der Waals surface area contributed by atoms with E-state index in [-0.39, 0.29) is 44.9 Å². The van der Waals surface area contributed by atoms with Crippen LogP contribution in [0.2, 0.25) is 0 Å². The minimum Gasteiger partial charge on any atom is -0.335 e. The highest BCUT2D eigenvalue weighted by Crippen LogP contribution is 2.66. The molecular formula is C73H78BN3. The Morgan fingerprint density at radius 3 is 1.77 bits per heavy atom. The van der Waals surface area contributed by atoms with Gasteiger partial charge in [0.25, 0.3) is 6.71 Å². The van der Waals surface area contributed by atoms with E-state index in [1.165, 1.54) is 144 Å². The Morgan fingerprint density at radius 1 is 0.429 bits per heavy atom. The lowest BCUT2D eigenvalue weighted by atomic mass is 9.33. The fraction of sp³-hybridized carbons (Fsp3) is 0.370. The molecule has 4 heterocycles. The van der Waals surface area contributed by atoms with E-state index in [4.69, 9.17) is 0 Å². The van der Waals surface area contributed by atoms with Crippen LogP contribution in [0.1, 0.15) is 168 Å².